The minimum atomic E-state index is 0.617. The van der Waals surface area contributed by atoms with E-state index >= 15 is 0 Å². The average molecular weight is 283 g/mol. The second kappa shape index (κ2) is 6.43. The monoisotopic (exact) mass is 283 g/mol. The number of rotatable bonds is 5. The number of nitrogens with one attached hydrogen (secondary N) is 3. The molecule has 0 bridgehead atoms. The molecule has 1 heterocycles. The van der Waals surface area contributed by atoms with Crippen LogP contribution in [0.2, 0.25) is 0 Å². The summed E-state index contributed by atoms with van der Waals surface area (Å²) in [5.74, 6) is 1.78. The number of anilines is 1. The van der Waals surface area contributed by atoms with Gasteiger partial charge in [-0.3, -0.25) is 4.99 Å². The Balaban J connectivity index is 1.47. The average Bonchev–Trinajstić information content (AvgIpc) is 3.34. The molecule has 2 aromatic rings. The quantitative estimate of drug-likeness (QED) is 0.446. The van der Waals surface area contributed by atoms with Crippen LogP contribution in [0.3, 0.4) is 0 Å². The first kappa shape index (κ1) is 13.7. The van der Waals surface area contributed by atoms with E-state index in [1.807, 2.05) is 24.3 Å². The lowest BCUT2D eigenvalue weighted by molar-refractivity contribution is 0.808. The largest absolute Gasteiger partial charge is 0.368 e. The third-order valence-electron chi connectivity index (χ3n) is 3.46. The number of guanidine groups is 1. The van der Waals surface area contributed by atoms with Gasteiger partial charge in [-0.05, 0) is 31.0 Å². The number of aliphatic imine (C=N–C) groups is 1. The molecule has 0 amide bonds. The number of aromatic nitrogens is 1. The van der Waals surface area contributed by atoms with Crippen molar-refractivity contribution in [2.24, 2.45) is 4.99 Å². The van der Waals surface area contributed by atoms with Gasteiger partial charge in [-0.2, -0.15) is 0 Å². The van der Waals surface area contributed by atoms with Gasteiger partial charge in [0, 0.05) is 31.6 Å². The Morgan fingerprint density at radius 2 is 2.05 bits per heavy atom. The summed E-state index contributed by atoms with van der Waals surface area (Å²) in [6.07, 6.45) is 2.50. The molecule has 1 saturated carbocycles. The van der Waals surface area contributed by atoms with Gasteiger partial charge in [0.05, 0.1) is 5.52 Å². The molecule has 1 aliphatic carbocycles. The molecule has 5 heteroatoms. The fraction of sp³-hybridized carbons (Fsp3) is 0.375. The summed E-state index contributed by atoms with van der Waals surface area (Å²) in [5, 5.41) is 11.1. The second-order valence-electron chi connectivity index (χ2n) is 5.23. The van der Waals surface area contributed by atoms with Crippen molar-refractivity contribution in [3.63, 3.8) is 0 Å². The van der Waals surface area contributed by atoms with Gasteiger partial charge in [-0.15, -0.1) is 0 Å². The highest BCUT2D eigenvalue weighted by Crippen LogP contribution is 2.18. The molecular weight excluding hydrogens is 262 g/mol. The predicted molar refractivity (Wildman–Crippen MR) is 87.8 cm³/mol. The Morgan fingerprint density at radius 3 is 2.86 bits per heavy atom. The molecule has 0 saturated heterocycles. The van der Waals surface area contributed by atoms with Gasteiger partial charge < -0.3 is 16.0 Å². The number of pyridine rings is 1. The van der Waals surface area contributed by atoms with E-state index in [1.54, 1.807) is 7.05 Å². The zero-order valence-electron chi connectivity index (χ0n) is 12.3. The zero-order valence-corrected chi connectivity index (χ0v) is 12.3. The highest BCUT2D eigenvalue weighted by atomic mass is 15.2. The van der Waals surface area contributed by atoms with Crippen molar-refractivity contribution in [1.82, 2.24) is 15.6 Å². The Hall–Kier alpha value is -2.30. The maximum atomic E-state index is 4.59. The maximum Gasteiger partial charge on any atom is 0.191 e. The molecule has 3 rings (SSSR count). The van der Waals surface area contributed by atoms with E-state index in [0.29, 0.717) is 6.04 Å². The van der Waals surface area contributed by atoms with Gasteiger partial charge in [-0.25, -0.2) is 4.98 Å². The molecule has 0 radical (unpaired) electrons. The molecule has 1 aromatic carbocycles. The van der Waals surface area contributed by atoms with Crippen LogP contribution < -0.4 is 16.0 Å². The van der Waals surface area contributed by atoms with E-state index in [9.17, 15) is 0 Å². The second-order valence-corrected chi connectivity index (χ2v) is 5.23. The van der Waals surface area contributed by atoms with E-state index in [-0.39, 0.29) is 0 Å². The van der Waals surface area contributed by atoms with Crippen LogP contribution in [-0.2, 0) is 0 Å². The van der Waals surface area contributed by atoms with Crippen LogP contribution in [0.25, 0.3) is 10.9 Å². The molecule has 21 heavy (non-hydrogen) atoms. The van der Waals surface area contributed by atoms with E-state index in [2.05, 4.69) is 38.1 Å². The summed E-state index contributed by atoms with van der Waals surface area (Å²) in [5.41, 5.74) is 1.02. The summed E-state index contributed by atoms with van der Waals surface area (Å²) >= 11 is 0. The number of hydrogen-bond donors (Lipinski definition) is 3. The Labute approximate surface area is 124 Å². The third-order valence-corrected chi connectivity index (χ3v) is 3.46. The first-order chi connectivity index (χ1) is 10.3. The van der Waals surface area contributed by atoms with E-state index in [0.717, 1.165) is 35.8 Å². The fourth-order valence-electron chi connectivity index (χ4n) is 2.15. The van der Waals surface area contributed by atoms with Gasteiger partial charge >= 0.3 is 0 Å². The molecule has 0 unspecified atom stereocenters. The highest BCUT2D eigenvalue weighted by molar-refractivity contribution is 5.80. The van der Waals surface area contributed by atoms with Crippen molar-refractivity contribution in [3.8, 4) is 0 Å². The zero-order chi connectivity index (χ0) is 14.5. The van der Waals surface area contributed by atoms with Crippen molar-refractivity contribution in [2.45, 2.75) is 18.9 Å². The van der Waals surface area contributed by atoms with Gasteiger partial charge in [0.25, 0.3) is 0 Å². The first-order valence-corrected chi connectivity index (χ1v) is 7.42. The standard InChI is InChI=1S/C16H21N5/c1-17-16(20-13-7-8-13)19-11-10-18-15-9-6-12-4-2-3-5-14(12)21-15/h2-6,9,13H,7-8,10-11H2,1H3,(H,18,21)(H2,17,19,20). The van der Waals surface area contributed by atoms with Crippen LogP contribution in [0.15, 0.2) is 41.4 Å². The molecule has 110 valence electrons. The Morgan fingerprint density at radius 1 is 1.19 bits per heavy atom. The lowest BCUT2D eigenvalue weighted by Crippen LogP contribution is -2.40. The van der Waals surface area contributed by atoms with Crippen LogP contribution in [0, 0.1) is 0 Å². The van der Waals surface area contributed by atoms with Crippen LogP contribution in [0.5, 0.6) is 0 Å². The minimum absolute atomic E-state index is 0.617. The minimum Gasteiger partial charge on any atom is -0.368 e. The summed E-state index contributed by atoms with van der Waals surface area (Å²) in [7, 11) is 1.80. The summed E-state index contributed by atoms with van der Waals surface area (Å²) < 4.78 is 0. The molecule has 0 aliphatic heterocycles. The van der Waals surface area contributed by atoms with Gasteiger partial charge in [0.15, 0.2) is 5.96 Å². The fourth-order valence-corrected chi connectivity index (χ4v) is 2.15. The SMILES string of the molecule is CN=C(NCCNc1ccc2ccccc2n1)NC1CC1. The molecule has 0 atom stereocenters. The maximum absolute atomic E-state index is 4.59. The molecular formula is C16H21N5. The number of benzene rings is 1. The van der Waals surface area contributed by atoms with Crippen molar-refractivity contribution in [2.75, 3.05) is 25.5 Å². The van der Waals surface area contributed by atoms with E-state index in [4.69, 9.17) is 0 Å². The van der Waals surface area contributed by atoms with E-state index < -0.39 is 0 Å². The molecule has 1 fully saturated rings. The normalized spacial score (nSPS) is 15.0. The summed E-state index contributed by atoms with van der Waals surface area (Å²) in [4.78, 5) is 8.79. The number of hydrogen-bond acceptors (Lipinski definition) is 3. The Bertz CT molecular complexity index is 633. The molecule has 0 spiro atoms. The smallest absolute Gasteiger partial charge is 0.191 e. The van der Waals surface area contributed by atoms with Crippen molar-refractivity contribution in [1.29, 1.82) is 0 Å². The summed E-state index contributed by atoms with van der Waals surface area (Å²) in [6, 6.07) is 12.9. The van der Waals surface area contributed by atoms with Crippen molar-refractivity contribution >= 4 is 22.7 Å². The van der Waals surface area contributed by atoms with Gasteiger partial charge in [-0.1, -0.05) is 18.2 Å². The number of para-hydroxylation sites is 1. The molecule has 1 aromatic heterocycles. The van der Waals surface area contributed by atoms with Crippen LogP contribution in [0.4, 0.5) is 5.82 Å². The lowest BCUT2D eigenvalue weighted by Gasteiger charge is -2.12. The van der Waals surface area contributed by atoms with Crippen molar-refractivity contribution < 1.29 is 0 Å². The first-order valence-electron chi connectivity index (χ1n) is 7.42. The van der Waals surface area contributed by atoms with Crippen LogP contribution in [0.1, 0.15) is 12.8 Å². The molecule has 3 N–H and O–H groups in total. The third kappa shape index (κ3) is 3.84. The number of fused-ring (bicyclic) bond motifs is 1. The lowest BCUT2D eigenvalue weighted by atomic mass is 10.2. The molecule has 1 aliphatic rings. The predicted octanol–water partition coefficient (Wildman–Crippen LogP) is 1.97. The topological polar surface area (TPSA) is 61.3 Å². The van der Waals surface area contributed by atoms with Crippen LogP contribution >= 0.6 is 0 Å². The Kier molecular flexibility index (Phi) is 4.19. The van der Waals surface area contributed by atoms with Crippen molar-refractivity contribution in [3.05, 3.63) is 36.4 Å². The molecule has 5 nitrogen and oxygen atoms in total. The van der Waals surface area contributed by atoms with Crippen LogP contribution in [-0.4, -0.2) is 37.1 Å². The number of nitrogens with zero attached hydrogens (tertiary/aromatic N) is 2. The summed E-state index contributed by atoms with van der Waals surface area (Å²) in [6.45, 7) is 1.61. The van der Waals surface area contributed by atoms with E-state index in [1.165, 1.54) is 12.8 Å². The van der Waals surface area contributed by atoms with Gasteiger partial charge in [0.1, 0.15) is 5.82 Å². The highest BCUT2D eigenvalue weighted by Gasteiger charge is 2.21. The van der Waals surface area contributed by atoms with Gasteiger partial charge in [0.2, 0.25) is 0 Å².